The predicted molar refractivity (Wildman–Crippen MR) is 50.5 cm³/mol. The molecule has 64 valence electrons. The Bertz CT molecular complexity index is 267. The third kappa shape index (κ3) is 1.60. The minimum absolute atomic E-state index is 0.270. The second-order valence-corrected chi connectivity index (χ2v) is 3.58. The van der Waals surface area contributed by atoms with Gasteiger partial charge in [0.2, 0.25) is 0 Å². The quantitative estimate of drug-likeness (QED) is 0.584. The number of aliphatic hydroxyl groups excluding tert-OH is 1. The Kier molecular flexibility index (Phi) is 2.40. The molecule has 0 saturated carbocycles. The van der Waals surface area contributed by atoms with E-state index in [1.165, 1.54) is 0 Å². The smallest absolute Gasteiger partial charge is 0.0823 e. The lowest BCUT2D eigenvalue weighted by molar-refractivity contribution is 0.113. The standard InChI is InChI=1S/C11H14O/c1-4-6-11(3)7-5-9(2)8-10(11)12/h1,5,7-8,10,12H,6H2,2-3H3. The molecule has 0 fully saturated rings. The van der Waals surface area contributed by atoms with Crippen LogP contribution in [0.5, 0.6) is 0 Å². The number of allylic oxidation sites excluding steroid dienone is 2. The molecule has 0 aromatic rings. The summed E-state index contributed by atoms with van der Waals surface area (Å²) >= 11 is 0. The highest BCUT2D eigenvalue weighted by Crippen LogP contribution is 2.32. The maximum Gasteiger partial charge on any atom is 0.0823 e. The van der Waals surface area contributed by atoms with Crippen molar-refractivity contribution in [3.8, 4) is 12.3 Å². The number of aliphatic hydroxyl groups is 1. The first-order valence-corrected chi connectivity index (χ1v) is 4.08. The van der Waals surface area contributed by atoms with Crippen molar-refractivity contribution in [3.63, 3.8) is 0 Å². The highest BCUT2D eigenvalue weighted by Gasteiger charge is 2.29. The van der Waals surface area contributed by atoms with Gasteiger partial charge in [0.1, 0.15) is 0 Å². The summed E-state index contributed by atoms with van der Waals surface area (Å²) in [6, 6.07) is 0. The molecule has 0 spiro atoms. The van der Waals surface area contributed by atoms with E-state index in [0.29, 0.717) is 6.42 Å². The molecule has 0 bridgehead atoms. The second-order valence-electron chi connectivity index (χ2n) is 3.58. The lowest BCUT2D eigenvalue weighted by Gasteiger charge is -2.30. The van der Waals surface area contributed by atoms with Crippen LogP contribution in [-0.2, 0) is 0 Å². The van der Waals surface area contributed by atoms with Gasteiger partial charge >= 0.3 is 0 Å². The van der Waals surface area contributed by atoms with Crippen molar-refractivity contribution in [2.75, 3.05) is 0 Å². The number of rotatable bonds is 1. The van der Waals surface area contributed by atoms with Crippen LogP contribution in [0.15, 0.2) is 23.8 Å². The monoisotopic (exact) mass is 162 g/mol. The molecule has 2 atom stereocenters. The summed E-state index contributed by atoms with van der Waals surface area (Å²) in [5.41, 5.74) is 0.825. The Morgan fingerprint density at radius 1 is 1.75 bits per heavy atom. The van der Waals surface area contributed by atoms with Crippen LogP contribution in [0.3, 0.4) is 0 Å². The largest absolute Gasteiger partial charge is 0.388 e. The Hall–Kier alpha value is -1.00. The van der Waals surface area contributed by atoms with Crippen molar-refractivity contribution in [2.45, 2.75) is 26.4 Å². The third-order valence-corrected chi connectivity index (χ3v) is 2.31. The fourth-order valence-electron chi connectivity index (χ4n) is 1.30. The summed E-state index contributed by atoms with van der Waals surface area (Å²) < 4.78 is 0. The molecule has 2 unspecified atom stereocenters. The van der Waals surface area contributed by atoms with Gasteiger partial charge in [0.15, 0.2) is 0 Å². The Labute approximate surface area is 73.8 Å². The van der Waals surface area contributed by atoms with Crippen molar-refractivity contribution >= 4 is 0 Å². The summed E-state index contributed by atoms with van der Waals surface area (Å²) in [6.45, 7) is 3.94. The summed E-state index contributed by atoms with van der Waals surface area (Å²) in [5.74, 6) is 2.58. The molecule has 0 saturated heterocycles. The third-order valence-electron chi connectivity index (χ3n) is 2.31. The molecule has 0 aromatic heterocycles. The summed E-state index contributed by atoms with van der Waals surface area (Å²) in [4.78, 5) is 0. The maximum atomic E-state index is 9.71. The van der Waals surface area contributed by atoms with Crippen LogP contribution >= 0.6 is 0 Å². The average Bonchev–Trinajstić information content (AvgIpc) is 1.99. The molecule has 1 rings (SSSR count). The van der Waals surface area contributed by atoms with E-state index in [2.05, 4.69) is 5.92 Å². The van der Waals surface area contributed by atoms with Crippen LogP contribution in [-0.4, -0.2) is 11.2 Å². The van der Waals surface area contributed by atoms with Crippen LogP contribution in [0.4, 0.5) is 0 Å². The first-order chi connectivity index (χ1) is 5.58. The molecule has 0 heterocycles. The molecule has 1 nitrogen and oxygen atoms in total. The topological polar surface area (TPSA) is 20.2 Å². The SMILES string of the molecule is C#CCC1(C)C=CC(C)=CC1O. The van der Waals surface area contributed by atoms with E-state index in [4.69, 9.17) is 6.42 Å². The molecule has 0 amide bonds. The minimum atomic E-state index is -0.446. The molecular weight excluding hydrogens is 148 g/mol. The zero-order chi connectivity index (χ0) is 9.19. The van der Waals surface area contributed by atoms with E-state index in [9.17, 15) is 5.11 Å². The molecule has 1 heteroatoms. The molecular formula is C11H14O. The maximum absolute atomic E-state index is 9.71. The Balaban J connectivity index is 2.85. The predicted octanol–water partition coefficient (Wildman–Crippen LogP) is 1.89. The first-order valence-electron chi connectivity index (χ1n) is 4.08. The normalized spacial score (nSPS) is 34.2. The van der Waals surface area contributed by atoms with Crippen LogP contribution in [0.25, 0.3) is 0 Å². The van der Waals surface area contributed by atoms with E-state index < -0.39 is 6.10 Å². The van der Waals surface area contributed by atoms with Crippen LogP contribution < -0.4 is 0 Å². The van der Waals surface area contributed by atoms with E-state index in [-0.39, 0.29) is 5.41 Å². The summed E-state index contributed by atoms with van der Waals surface area (Å²) in [6.07, 6.45) is 11.2. The van der Waals surface area contributed by atoms with Gasteiger partial charge in [-0.05, 0) is 6.92 Å². The number of terminal acetylenes is 1. The Morgan fingerprint density at radius 2 is 2.42 bits per heavy atom. The molecule has 1 aliphatic carbocycles. The van der Waals surface area contributed by atoms with Gasteiger partial charge in [0.05, 0.1) is 6.10 Å². The van der Waals surface area contributed by atoms with Gasteiger partial charge in [0.25, 0.3) is 0 Å². The van der Waals surface area contributed by atoms with Crippen LogP contribution in [0.1, 0.15) is 20.3 Å². The molecule has 0 radical (unpaired) electrons. The lowest BCUT2D eigenvalue weighted by Crippen LogP contribution is -2.30. The van der Waals surface area contributed by atoms with E-state index in [1.54, 1.807) is 0 Å². The molecule has 12 heavy (non-hydrogen) atoms. The van der Waals surface area contributed by atoms with Crippen molar-refractivity contribution in [1.82, 2.24) is 0 Å². The molecule has 1 N–H and O–H groups in total. The Morgan fingerprint density at radius 3 is 2.92 bits per heavy atom. The van der Waals surface area contributed by atoms with E-state index in [1.807, 2.05) is 32.1 Å². The van der Waals surface area contributed by atoms with Gasteiger partial charge in [-0.25, -0.2) is 0 Å². The van der Waals surface area contributed by atoms with E-state index in [0.717, 1.165) is 5.57 Å². The first kappa shape index (κ1) is 9.09. The van der Waals surface area contributed by atoms with Crippen molar-refractivity contribution in [3.05, 3.63) is 23.8 Å². The van der Waals surface area contributed by atoms with Crippen LogP contribution in [0, 0.1) is 17.8 Å². The molecule has 1 aliphatic rings. The zero-order valence-electron chi connectivity index (χ0n) is 7.54. The number of hydrogen-bond donors (Lipinski definition) is 1. The van der Waals surface area contributed by atoms with Gasteiger partial charge in [-0.2, -0.15) is 0 Å². The van der Waals surface area contributed by atoms with Gasteiger partial charge in [-0.1, -0.05) is 30.7 Å². The van der Waals surface area contributed by atoms with Crippen molar-refractivity contribution in [2.24, 2.45) is 5.41 Å². The fourth-order valence-corrected chi connectivity index (χ4v) is 1.30. The van der Waals surface area contributed by atoms with Gasteiger partial charge in [0, 0.05) is 11.8 Å². The summed E-state index contributed by atoms with van der Waals surface area (Å²) in [5, 5.41) is 9.71. The fraction of sp³-hybridized carbons (Fsp3) is 0.455. The minimum Gasteiger partial charge on any atom is -0.388 e. The molecule has 0 aliphatic heterocycles. The van der Waals surface area contributed by atoms with Crippen molar-refractivity contribution in [1.29, 1.82) is 0 Å². The lowest BCUT2D eigenvalue weighted by atomic mass is 9.77. The summed E-state index contributed by atoms with van der Waals surface area (Å²) in [7, 11) is 0. The van der Waals surface area contributed by atoms with Crippen molar-refractivity contribution < 1.29 is 5.11 Å². The van der Waals surface area contributed by atoms with Gasteiger partial charge < -0.3 is 5.11 Å². The van der Waals surface area contributed by atoms with Crippen LogP contribution in [0.2, 0.25) is 0 Å². The number of hydrogen-bond acceptors (Lipinski definition) is 1. The zero-order valence-corrected chi connectivity index (χ0v) is 7.54. The van der Waals surface area contributed by atoms with Gasteiger partial charge in [-0.3, -0.25) is 0 Å². The van der Waals surface area contributed by atoms with Gasteiger partial charge in [-0.15, -0.1) is 12.3 Å². The highest BCUT2D eigenvalue weighted by atomic mass is 16.3. The second kappa shape index (κ2) is 3.16. The molecule has 0 aromatic carbocycles. The average molecular weight is 162 g/mol. The van der Waals surface area contributed by atoms with E-state index >= 15 is 0 Å². The highest BCUT2D eigenvalue weighted by molar-refractivity contribution is 5.28.